The number of nitrogens with zero attached hydrogens (tertiary/aromatic N) is 1. The van der Waals surface area contributed by atoms with E-state index in [2.05, 4.69) is 40.6 Å². The van der Waals surface area contributed by atoms with Crippen molar-refractivity contribution in [1.82, 2.24) is 0 Å². The maximum absolute atomic E-state index is 6.78. The second kappa shape index (κ2) is 5.88. The summed E-state index contributed by atoms with van der Waals surface area (Å²) in [6.45, 7) is 1.78. The second-order valence-electron chi connectivity index (χ2n) is 0.703. The van der Waals surface area contributed by atoms with Crippen LogP contribution < -0.4 is 0 Å². The van der Waals surface area contributed by atoms with Crippen molar-refractivity contribution in [2.24, 2.45) is 4.36 Å². The molecule has 0 amide bonds. The van der Waals surface area contributed by atoms with Crippen molar-refractivity contribution in [1.29, 1.82) is 0 Å². The van der Waals surface area contributed by atoms with E-state index in [1.54, 1.807) is 6.55 Å². The zero-order chi connectivity index (χ0) is 7.82. The number of allylic oxidation sites excluding steroid dienone is 1. The Hall–Kier alpha value is -1.12. The Morgan fingerprint density at radius 3 is 3.38 bits per heavy atom. The minimum Gasteiger partial charge on any atom is -0.293 e. The van der Waals surface area contributed by atoms with Crippen LogP contribution in [0.15, 0.2) is 10.4 Å². The summed E-state index contributed by atoms with van der Waals surface area (Å²) in [6.07, 6.45) is 0. The third-order valence-electron chi connectivity index (χ3n) is 0.289. The Morgan fingerprint density at radius 1 is 1.88 bits per heavy atom. The molecule has 0 aliphatic rings. The molecule has 0 unspecified atom stereocenters. The van der Waals surface area contributed by atoms with Gasteiger partial charge in [-0.1, -0.05) is 1.37 Å². The summed E-state index contributed by atoms with van der Waals surface area (Å²) in [5.74, 6) is 6.73. The fraction of sp³-hybridized carbons (Fsp3) is 0. The SMILES string of the molecule is [2H][C-]=C([2H])C#CC#CN=S. The monoisotopic (exact) mass is 122 g/mol. The molecule has 0 aliphatic carbocycles. The Morgan fingerprint density at radius 2 is 2.75 bits per heavy atom. The molecule has 0 aliphatic heterocycles. The van der Waals surface area contributed by atoms with E-state index in [9.17, 15) is 0 Å². The fourth-order valence-electron chi connectivity index (χ4n) is 0.113. The molecule has 0 bridgehead atoms. The highest BCUT2D eigenvalue weighted by molar-refractivity contribution is 7.47. The summed E-state index contributed by atoms with van der Waals surface area (Å²) in [5.41, 5.74) is 0. The highest BCUT2D eigenvalue weighted by Gasteiger charge is 1.44. The van der Waals surface area contributed by atoms with Gasteiger partial charge in [-0.2, -0.15) is 0 Å². The molecule has 0 spiro atoms. The molecule has 0 aromatic carbocycles. The molecule has 0 aromatic heterocycles. The van der Waals surface area contributed by atoms with Crippen molar-refractivity contribution in [3.8, 4) is 23.8 Å². The molecular formula is C6H2NS-. The van der Waals surface area contributed by atoms with Gasteiger partial charge in [0, 0.05) is 1.37 Å². The van der Waals surface area contributed by atoms with Crippen molar-refractivity contribution < 1.29 is 2.74 Å². The van der Waals surface area contributed by atoms with E-state index in [1.165, 1.54) is 0 Å². The summed E-state index contributed by atoms with van der Waals surface area (Å²) in [5, 5.41) is 0. The molecule has 0 fully saturated rings. The summed E-state index contributed by atoms with van der Waals surface area (Å²) in [4.78, 5) is 0. The van der Waals surface area contributed by atoms with Crippen LogP contribution in [0.25, 0.3) is 0 Å². The zero-order valence-electron chi connectivity index (χ0n) is 5.86. The van der Waals surface area contributed by atoms with Crippen LogP contribution in [0.5, 0.6) is 0 Å². The average Bonchev–Trinajstić information content (AvgIpc) is 1.98. The predicted molar refractivity (Wildman–Crippen MR) is 34.2 cm³/mol. The first kappa shape index (κ1) is 3.83. The lowest BCUT2D eigenvalue weighted by Crippen LogP contribution is -1.47. The molecule has 0 aromatic rings. The van der Waals surface area contributed by atoms with Gasteiger partial charge in [0.1, 0.15) is 0 Å². The van der Waals surface area contributed by atoms with Crippen molar-refractivity contribution in [3.63, 3.8) is 0 Å². The first-order chi connectivity index (χ1) is 4.81. The lowest BCUT2D eigenvalue weighted by atomic mass is 10.6. The Labute approximate surface area is 56.8 Å². The van der Waals surface area contributed by atoms with Gasteiger partial charge in [-0.15, -0.1) is 10.3 Å². The maximum Gasteiger partial charge on any atom is 0.0608 e. The van der Waals surface area contributed by atoms with Gasteiger partial charge in [-0.05, 0) is 5.92 Å². The van der Waals surface area contributed by atoms with Gasteiger partial charge < -0.3 is 0 Å². The van der Waals surface area contributed by atoms with Crippen molar-refractivity contribution >= 4 is 12.4 Å². The van der Waals surface area contributed by atoms with Crippen LogP contribution >= 0.6 is 0 Å². The van der Waals surface area contributed by atoms with Crippen molar-refractivity contribution in [2.75, 3.05) is 0 Å². The fourth-order valence-corrected chi connectivity index (χ4v) is 0.159. The lowest BCUT2D eigenvalue weighted by Gasteiger charge is -1.66. The van der Waals surface area contributed by atoms with Crippen molar-refractivity contribution in [2.45, 2.75) is 0 Å². The van der Waals surface area contributed by atoms with Crippen LogP contribution in [0, 0.1) is 30.4 Å². The average molecular weight is 122 g/mol. The van der Waals surface area contributed by atoms with E-state index in [0.717, 1.165) is 0 Å². The zero-order valence-corrected chi connectivity index (χ0v) is 4.67. The minimum absolute atomic E-state index is 0.210. The highest BCUT2D eigenvalue weighted by Crippen LogP contribution is 1.56. The van der Waals surface area contributed by atoms with E-state index in [1.807, 2.05) is 0 Å². The smallest absolute Gasteiger partial charge is 0.0608 e. The molecule has 38 valence electrons. The van der Waals surface area contributed by atoms with Crippen LogP contribution in [0.2, 0.25) is 0 Å². The number of hydrogen-bond donors (Lipinski definition) is 0. The molecule has 1 nitrogen and oxygen atoms in total. The predicted octanol–water partition coefficient (Wildman–Crippen LogP) is 0.670. The minimum atomic E-state index is -0.210. The van der Waals surface area contributed by atoms with Crippen LogP contribution in [0.4, 0.5) is 0 Å². The van der Waals surface area contributed by atoms with Crippen LogP contribution in [-0.2, 0) is 12.4 Å². The van der Waals surface area contributed by atoms with Gasteiger partial charge in [0.2, 0.25) is 0 Å². The highest BCUT2D eigenvalue weighted by atomic mass is 32.1. The third-order valence-corrected chi connectivity index (χ3v) is 0.380. The normalized spacial score (nSPS) is 10.8. The maximum atomic E-state index is 6.78. The lowest BCUT2D eigenvalue weighted by molar-refractivity contribution is 1.80. The van der Waals surface area contributed by atoms with Gasteiger partial charge in [0.05, 0.1) is 18.5 Å². The first-order valence-electron chi connectivity index (χ1n) is 2.66. The Balaban J connectivity index is 4.05. The number of rotatable bonds is 0. The Kier molecular flexibility index (Phi) is 2.82. The molecule has 0 saturated heterocycles. The molecule has 0 atom stereocenters. The number of hydrogen-bond acceptors (Lipinski definition) is 2. The molecule has 8 heavy (non-hydrogen) atoms. The summed E-state index contributed by atoms with van der Waals surface area (Å²) >= 11 is 4.14. The van der Waals surface area contributed by atoms with Crippen LogP contribution in [0.1, 0.15) is 2.74 Å². The van der Waals surface area contributed by atoms with Crippen LogP contribution in [-0.4, -0.2) is 0 Å². The van der Waals surface area contributed by atoms with E-state index in [-0.39, 0.29) is 6.05 Å². The van der Waals surface area contributed by atoms with Crippen LogP contribution in [0.3, 0.4) is 0 Å². The van der Waals surface area contributed by atoms with Gasteiger partial charge >= 0.3 is 0 Å². The molecule has 0 N–H and O–H groups in total. The molecular weight excluding hydrogens is 118 g/mol. The third kappa shape index (κ3) is 4.88. The second-order valence-corrected chi connectivity index (χ2v) is 0.886. The van der Waals surface area contributed by atoms with Gasteiger partial charge in [-0.3, -0.25) is 12.5 Å². The first-order valence-corrected chi connectivity index (χ1v) is 2.02. The largest absolute Gasteiger partial charge is 0.293 e. The molecule has 0 saturated carbocycles. The van der Waals surface area contributed by atoms with E-state index < -0.39 is 0 Å². The topological polar surface area (TPSA) is 12.4 Å². The van der Waals surface area contributed by atoms with Gasteiger partial charge in [-0.25, -0.2) is 6.05 Å². The molecule has 0 radical (unpaired) electrons. The van der Waals surface area contributed by atoms with Gasteiger partial charge in [0.25, 0.3) is 0 Å². The quantitative estimate of drug-likeness (QED) is 0.340. The standard InChI is InChI=1S/C6H2NS/c1-2-3-4-5-6-7-8/h1-2H/q-1/i1D,2D. The summed E-state index contributed by atoms with van der Waals surface area (Å²) in [6, 6.07) is 1.95. The van der Waals surface area contributed by atoms with E-state index in [0.29, 0.717) is 0 Å². The Bertz CT molecular complexity index is 261. The molecule has 2 heteroatoms. The van der Waals surface area contributed by atoms with E-state index >= 15 is 0 Å². The van der Waals surface area contributed by atoms with Crippen molar-refractivity contribution in [3.05, 3.63) is 12.6 Å². The molecule has 0 heterocycles. The molecule has 0 rings (SSSR count). The summed E-state index contributed by atoms with van der Waals surface area (Å²) in [7, 11) is 0. The summed E-state index contributed by atoms with van der Waals surface area (Å²) < 4.78 is 16.2. The van der Waals surface area contributed by atoms with Gasteiger partial charge in [0.15, 0.2) is 0 Å². The van der Waals surface area contributed by atoms with E-state index in [4.69, 9.17) is 2.74 Å².